The summed E-state index contributed by atoms with van der Waals surface area (Å²) in [6.45, 7) is 15.8. The molecule has 0 aliphatic rings. The molecule has 3 heteroatoms. The van der Waals surface area contributed by atoms with Gasteiger partial charge in [-0.15, -0.1) is 0 Å². The second-order valence-electron chi connectivity index (χ2n) is 7.10. The smallest absolute Gasteiger partial charge is 0.307 e. The van der Waals surface area contributed by atoms with Gasteiger partial charge in [0.25, 0.3) is 0 Å². The maximum absolute atomic E-state index is 12.1. The topological polar surface area (TPSA) is 50.1 Å². The van der Waals surface area contributed by atoms with Crippen LogP contribution in [0.15, 0.2) is 0 Å². The predicted molar refractivity (Wildman–Crippen MR) is 77.3 cm³/mol. The van der Waals surface area contributed by atoms with Crippen molar-refractivity contribution in [2.75, 3.05) is 0 Å². The molecular weight excluding hydrogens is 238 g/mol. The molecule has 0 radical (unpaired) electrons. The van der Waals surface area contributed by atoms with Crippen molar-refractivity contribution < 1.29 is 9.53 Å². The van der Waals surface area contributed by atoms with Crippen LogP contribution in [0, 0.1) is 34.5 Å². The highest BCUT2D eigenvalue weighted by Crippen LogP contribution is 2.42. The van der Waals surface area contributed by atoms with Crippen LogP contribution in [0.1, 0.15) is 61.8 Å². The molecule has 110 valence electrons. The average Bonchev–Trinajstić information content (AvgIpc) is 2.21. The number of carbonyl (C=O) groups excluding carboxylic acids is 1. The third-order valence-corrected chi connectivity index (χ3v) is 3.91. The standard InChI is InChI=1S/C16H29NO2/c1-11(2)13(5)16(10-17,12(3)4)9-14(18)19-15(6,7)8/h11-13H,9H2,1-8H3. The molecule has 2 atom stereocenters. The van der Waals surface area contributed by atoms with Gasteiger partial charge < -0.3 is 4.74 Å². The van der Waals surface area contributed by atoms with Gasteiger partial charge in [0.05, 0.1) is 17.9 Å². The Hall–Kier alpha value is -1.04. The van der Waals surface area contributed by atoms with E-state index in [1.165, 1.54) is 0 Å². The number of esters is 1. The van der Waals surface area contributed by atoms with Crippen molar-refractivity contribution in [1.29, 1.82) is 5.26 Å². The van der Waals surface area contributed by atoms with Crippen LogP contribution in [0.25, 0.3) is 0 Å². The Bertz CT molecular complexity index is 347. The van der Waals surface area contributed by atoms with E-state index < -0.39 is 11.0 Å². The van der Waals surface area contributed by atoms with Gasteiger partial charge in [0.15, 0.2) is 0 Å². The van der Waals surface area contributed by atoms with Crippen molar-refractivity contribution in [2.24, 2.45) is 23.2 Å². The predicted octanol–water partition coefficient (Wildman–Crippen LogP) is 4.18. The fourth-order valence-electron chi connectivity index (χ4n) is 2.37. The van der Waals surface area contributed by atoms with Gasteiger partial charge in [0, 0.05) is 0 Å². The Morgan fingerprint density at radius 2 is 1.63 bits per heavy atom. The van der Waals surface area contributed by atoms with Gasteiger partial charge >= 0.3 is 5.97 Å². The summed E-state index contributed by atoms with van der Waals surface area (Å²) in [6.07, 6.45) is 0.164. The van der Waals surface area contributed by atoms with Gasteiger partial charge in [-0.05, 0) is 38.5 Å². The third kappa shape index (κ3) is 4.86. The summed E-state index contributed by atoms with van der Waals surface area (Å²) in [5.74, 6) is 0.326. The molecule has 0 saturated carbocycles. The summed E-state index contributed by atoms with van der Waals surface area (Å²) in [5, 5.41) is 9.66. The summed E-state index contributed by atoms with van der Waals surface area (Å²) in [6, 6.07) is 2.41. The fraction of sp³-hybridized carbons (Fsp3) is 0.875. The minimum atomic E-state index is -0.656. The van der Waals surface area contributed by atoms with Gasteiger partial charge in [-0.3, -0.25) is 4.79 Å². The summed E-state index contributed by atoms with van der Waals surface area (Å²) >= 11 is 0. The van der Waals surface area contributed by atoms with Crippen LogP contribution < -0.4 is 0 Å². The van der Waals surface area contributed by atoms with E-state index in [0.29, 0.717) is 5.92 Å². The minimum Gasteiger partial charge on any atom is -0.460 e. The van der Waals surface area contributed by atoms with E-state index in [4.69, 9.17) is 4.74 Å². The van der Waals surface area contributed by atoms with E-state index in [1.54, 1.807) is 0 Å². The number of ether oxygens (including phenoxy) is 1. The van der Waals surface area contributed by atoms with Crippen molar-refractivity contribution in [2.45, 2.75) is 67.4 Å². The van der Waals surface area contributed by atoms with Crippen LogP contribution in [0.5, 0.6) is 0 Å². The van der Waals surface area contributed by atoms with E-state index in [-0.39, 0.29) is 24.2 Å². The molecule has 0 aliphatic heterocycles. The molecule has 0 aromatic heterocycles. The van der Waals surface area contributed by atoms with Gasteiger partial charge in [-0.25, -0.2) is 0 Å². The lowest BCUT2D eigenvalue weighted by Gasteiger charge is -2.38. The number of hydrogen-bond acceptors (Lipinski definition) is 3. The van der Waals surface area contributed by atoms with Gasteiger partial charge in [-0.1, -0.05) is 34.6 Å². The molecule has 0 N–H and O–H groups in total. The Kier molecular flexibility index (Phi) is 6.06. The van der Waals surface area contributed by atoms with Crippen molar-refractivity contribution in [3.8, 4) is 6.07 Å². The molecule has 0 amide bonds. The third-order valence-electron chi connectivity index (χ3n) is 3.91. The molecule has 0 fully saturated rings. The second kappa shape index (κ2) is 6.41. The van der Waals surface area contributed by atoms with Crippen molar-refractivity contribution in [3.05, 3.63) is 0 Å². The molecule has 0 rings (SSSR count). The Labute approximate surface area is 118 Å². The Morgan fingerprint density at radius 3 is 1.89 bits per heavy atom. The van der Waals surface area contributed by atoms with Gasteiger partial charge in [-0.2, -0.15) is 5.26 Å². The lowest BCUT2D eigenvalue weighted by Crippen LogP contribution is -2.39. The zero-order valence-corrected chi connectivity index (χ0v) is 13.7. The number of rotatable bonds is 5. The largest absolute Gasteiger partial charge is 0.460 e. The molecular formula is C16H29NO2. The van der Waals surface area contributed by atoms with Crippen LogP contribution in [0.2, 0.25) is 0 Å². The maximum Gasteiger partial charge on any atom is 0.307 e. The second-order valence-corrected chi connectivity index (χ2v) is 7.10. The molecule has 0 spiro atoms. The van der Waals surface area contributed by atoms with E-state index in [0.717, 1.165) is 0 Å². The van der Waals surface area contributed by atoms with Crippen molar-refractivity contribution >= 4 is 5.97 Å². The highest BCUT2D eigenvalue weighted by Gasteiger charge is 2.43. The van der Waals surface area contributed by atoms with E-state index in [1.807, 2.05) is 34.6 Å². The zero-order valence-electron chi connectivity index (χ0n) is 13.7. The summed E-state index contributed by atoms with van der Waals surface area (Å²) < 4.78 is 5.39. The SMILES string of the molecule is CC(C)C(C)C(C#N)(CC(=O)OC(C)(C)C)C(C)C. The Balaban J connectivity index is 5.20. The molecule has 2 unspecified atom stereocenters. The molecule has 0 aromatic carbocycles. The first-order chi connectivity index (χ1) is 8.46. The molecule has 19 heavy (non-hydrogen) atoms. The summed E-state index contributed by atoms with van der Waals surface area (Å²) in [7, 11) is 0. The average molecular weight is 267 g/mol. The molecule has 0 aliphatic carbocycles. The minimum absolute atomic E-state index is 0.113. The number of hydrogen-bond donors (Lipinski definition) is 0. The van der Waals surface area contributed by atoms with E-state index in [2.05, 4.69) is 26.8 Å². The monoisotopic (exact) mass is 267 g/mol. The first-order valence-corrected chi connectivity index (χ1v) is 7.09. The number of nitrogens with zero attached hydrogens (tertiary/aromatic N) is 1. The van der Waals surface area contributed by atoms with Crippen molar-refractivity contribution in [1.82, 2.24) is 0 Å². The quantitative estimate of drug-likeness (QED) is 0.702. The Morgan fingerprint density at radius 1 is 1.16 bits per heavy atom. The first kappa shape index (κ1) is 18.0. The molecule has 0 bridgehead atoms. The number of nitriles is 1. The number of carbonyl (C=O) groups is 1. The highest BCUT2D eigenvalue weighted by molar-refractivity contribution is 5.71. The van der Waals surface area contributed by atoms with Crippen LogP contribution >= 0.6 is 0 Å². The maximum atomic E-state index is 12.1. The van der Waals surface area contributed by atoms with Gasteiger partial charge in [0.1, 0.15) is 5.60 Å². The van der Waals surface area contributed by atoms with Gasteiger partial charge in [0.2, 0.25) is 0 Å². The zero-order chi connectivity index (χ0) is 15.4. The normalized spacial score (nSPS) is 16.9. The fourth-order valence-corrected chi connectivity index (χ4v) is 2.37. The lowest BCUT2D eigenvalue weighted by molar-refractivity contribution is -0.158. The van der Waals surface area contributed by atoms with E-state index >= 15 is 0 Å². The van der Waals surface area contributed by atoms with E-state index in [9.17, 15) is 10.1 Å². The van der Waals surface area contributed by atoms with Crippen LogP contribution in [0.4, 0.5) is 0 Å². The lowest BCUT2D eigenvalue weighted by atomic mass is 9.64. The molecule has 0 aromatic rings. The first-order valence-electron chi connectivity index (χ1n) is 7.09. The van der Waals surface area contributed by atoms with Crippen LogP contribution in [-0.2, 0) is 9.53 Å². The summed E-state index contributed by atoms with van der Waals surface area (Å²) in [4.78, 5) is 12.1. The molecule has 3 nitrogen and oxygen atoms in total. The highest BCUT2D eigenvalue weighted by atomic mass is 16.6. The van der Waals surface area contributed by atoms with Crippen LogP contribution in [0.3, 0.4) is 0 Å². The molecule has 0 heterocycles. The van der Waals surface area contributed by atoms with Crippen LogP contribution in [-0.4, -0.2) is 11.6 Å². The summed E-state index contributed by atoms with van der Waals surface area (Å²) in [5.41, 5.74) is -1.16. The molecule has 0 saturated heterocycles. The van der Waals surface area contributed by atoms with Crippen molar-refractivity contribution in [3.63, 3.8) is 0 Å².